The summed E-state index contributed by atoms with van der Waals surface area (Å²) in [6.45, 7) is 2.35. The van der Waals surface area contributed by atoms with E-state index in [9.17, 15) is 8.42 Å². The first kappa shape index (κ1) is 25.5. The van der Waals surface area contributed by atoms with E-state index < -0.39 is 10.1 Å². The number of hydrogen-bond donors (Lipinski definition) is 2. The highest BCUT2D eigenvalue weighted by Gasteiger charge is 2.23. The minimum absolute atomic E-state index is 0. The Bertz CT molecular complexity index is 982. The van der Waals surface area contributed by atoms with Crippen molar-refractivity contribution in [2.45, 2.75) is 18.2 Å². The van der Waals surface area contributed by atoms with Crippen molar-refractivity contribution in [2.24, 2.45) is 16.6 Å². The molecule has 0 fully saturated rings. The number of benzene rings is 2. The molecule has 0 spiro atoms. The van der Waals surface area contributed by atoms with E-state index in [4.69, 9.17) is 41.6 Å². The summed E-state index contributed by atoms with van der Waals surface area (Å²) in [5.41, 5.74) is 11.0. The molecule has 0 amide bonds. The van der Waals surface area contributed by atoms with E-state index in [0.29, 0.717) is 18.8 Å². The van der Waals surface area contributed by atoms with Crippen molar-refractivity contribution in [3.8, 4) is 17.2 Å². The van der Waals surface area contributed by atoms with Crippen molar-refractivity contribution in [1.29, 1.82) is 0 Å². The summed E-state index contributed by atoms with van der Waals surface area (Å²) < 4.78 is 41.3. The third kappa shape index (κ3) is 7.69. The normalized spacial score (nSPS) is 10.5. The maximum atomic E-state index is 12.7. The Morgan fingerprint density at radius 3 is 2.47 bits per heavy atom. The van der Waals surface area contributed by atoms with E-state index in [2.05, 4.69) is 5.16 Å². The third-order valence-corrected chi connectivity index (χ3v) is 4.95. The van der Waals surface area contributed by atoms with Crippen LogP contribution in [0, 0.1) is 6.92 Å². The minimum atomic E-state index is -4.18. The summed E-state index contributed by atoms with van der Waals surface area (Å²) in [7, 11) is -2.82. The molecule has 4 N–H and O–H groups in total. The highest BCUT2D eigenvalue weighted by atomic mass is 35.5. The Hall–Kier alpha value is -2.56. The maximum absolute atomic E-state index is 12.7. The highest BCUT2D eigenvalue weighted by Crippen LogP contribution is 2.31. The van der Waals surface area contributed by atoms with Gasteiger partial charge in [-0.2, -0.15) is 8.42 Å². The van der Waals surface area contributed by atoms with Crippen molar-refractivity contribution < 1.29 is 26.9 Å². The fourth-order valence-corrected chi connectivity index (χ4v) is 3.64. The van der Waals surface area contributed by atoms with Crippen LogP contribution in [0.4, 0.5) is 0 Å². The number of rotatable bonds is 10. The van der Waals surface area contributed by atoms with E-state index in [1.165, 1.54) is 31.4 Å². The van der Waals surface area contributed by atoms with Crippen molar-refractivity contribution in [2.75, 3.05) is 20.3 Å². The number of nitrogens with two attached hydrogens (primary N) is 2. The van der Waals surface area contributed by atoms with Gasteiger partial charge in [-0.25, -0.2) is 0 Å². The molecule has 12 heteroatoms. The zero-order chi connectivity index (χ0) is 21.4. The summed E-state index contributed by atoms with van der Waals surface area (Å²) in [4.78, 5) is 4.69. The molecule has 9 nitrogen and oxygen atoms in total. The molecule has 30 heavy (non-hydrogen) atoms. The van der Waals surface area contributed by atoms with Crippen molar-refractivity contribution >= 4 is 40.1 Å². The highest BCUT2D eigenvalue weighted by molar-refractivity contribution is 7.87. The number of ether oxygens (including phenoxy) is 2. The lowest BCUT2D eigenvalue weighted by molar-refractivity contribution is 0.127. The standard InChI is InChI=1S/C18H22ClN3O6S.ClH/c1-12-8-14(26-6-3-7-27-22-18(20)21)11-15(9-12)28-29(23,24)17-10-13(19)4-5-16(17)25-2;/h4-5,8-11H,3,6-7H2,1-2H3,(H4,20,21,22);1H. The first-order valence-electron chi connectivity index (χ1n) is 8.44. The van der Waals surface area contributed by atoms with Gasteiger partial charge in [0.2, 0.25) is 5.96 Å². The monoisotopic (exact) mass is 479 g/mol. The molecule has 0 unspecified atom stereocenters. The van der Waals surface area contributed by atoms with Gasteiger partial charge in [-0.1, -0.05) is 11.6 Å². The molecule has 0 aliphatic carbocycles. The van der Waals surface area contributed by atoms with E-state index in [-0.39, 0.29) is 46.4 Å². The first-order chi connectivity index (χ1) is 13.7. The van der Waals surface area contributed by atoms with E-state index in [1.807, 2.05) is 0 Å². The molecule has 166 valence electrons. The predicted molar refractivity (Wildman–Crippen MR) is 116 cm³/mol. The number of nitrogens with zero attached hydrogens (tertiary/aromatic N) is 1. The third-order valence-electron chi connectivity index (χ3n) is 3.44. The Morgan fingerprint density at radius 2 is 1.80 bits per heavy atom. The van der Waals surface area contributed by atoms with E-state index in [0.717, 1.165) is 5.56 Å². The molecule has 0 saturated carbocycles. The smallest absolute Gasteiger partial charge is 0.342 e. The average molecular weight is 480 g/mol. The number of aryl methyl sites for hydroxylation is 1. The zero-order valence-corrected chi connectivity index (χ0v) is 18.7. The molecule has 0 heterocycles. The molecule has 0 saturated heterocycles. The van der Waals surface area contributed by atoms with Gasteiger partial charge >= 0.3 is 10.1 Å². The molecule has 2 rings (SSSR count). The molecule has 0 aromatic heterocycles. The topological polar surface area (TPSA) is 135 Å². The second kappa shape index (κ2) is 11.6. The van der Waals surface area contributed by atoms with Crippen LogP contribution in [0.1, 0.15) is 12.0 Å². The Morgan fingerprint density at radius 1 is 1.10 bits per heavy atom. The molecule has 0 bridgehead atoms. The van der Waals surface area contributed by atoms with Gasteiger partial charge in [0, 0.05) is 17.5 Å². The number of methoxy groups -OCH3 is 1. The zero-order valence-electron chi connectivity index (χ0n) is 16.3. The molecule has 2 aromatic carbocycles. The van der Waals surface area contributed by atoms with E-state index in [1.54, 1.807) is 19.1 Å². The average Bonchev–Trinajstić information content (AvgIpc) is 2.63. The predicted octanol–water partition coefficient (Wildman–Crippen LogP) is 2.82. The SMILES string of the molecule is COc1ccc(Cl)cc1S(=O)(=O)Oc1cc(C)cc(OCCCON=C(N)N)c1.Cl. The van der Waals surface area contributed by atoms with Crippen molar-refractivity contribution in [1.82, 2.24) is 0 Å². The van der Waals surface area contributed by atoms with Crippen LogP contribution >= 0.6 is 24.0 Å². The van der Waals surface area contributed by atoms with Gasteiger partial charge in [-0.15, -0.1) is 12.4 Å². The largest absolute Gasteiger partial charge is 0.495 e. The van der Waals surface area contributed by atoms with E-state index >= 15 is 0 Å². The van der Waals surface area contributed by atoms with Crippen LogP contribution in [0.3, 0.4) is 0 Å². The van der Waals surface area contributed by atoms with Gasteiger partial charge in [0.1, 0.15) is 28.8 Å². The van der Waals surface area contributed by atoms with Crippen LogP contribution in [-0.4, -0.2) is 34.7 Å². The summed E-state index contributed by atoms with van der Waals surface area (Å²) in [6.07, 6.45) is 0.513. The molecule has 2 aromatic rings. The minimum Gasteiger partial charge on any atom is -0.495 e. The molecule has 0 aliphatic rings. The van der Waals surface area contributed by atoms with Crippen LogP contribution in [0.2, 0.25) is 5.02 Å². The molecular weight excluding hydrogens is 457 g/mol. The lowest BCUT2D eigenvalue weighted by atomic mass is 10.2. The fourth-order valence-electron chi connectivity index (χ4n) is 2.30. The lowest BCUT2D eigenvalue weighted by Crippen LogP contribution is -2.23. The fraction of sp³-hybridized carbons (Fsp3) is 0.278. The lowest BCUT2D eigenvalue weighted by Gasteiger charge is -2.13. The molecule has 0 aliphatic heterocycles. The Balaban J connectivity index is 0.00000450. The van der Waals surface area contributed by atoms with Gasteiger partial charge in [0.25, 0.3) is 0 Å². The van der Waals surface area contributed by atoms with Gasteiger partial charge in [0.05, 0.1) is 13.7 Å². The van der Waals surface area contributed by atoms with Crippen molar-refractivity contribution in [3.63, 3.8) is 0 Å². The van der Waals surface area contributed by atoms with Crippen LogP contribution in [-0.2, 0) is 15.0 Å². The number of oxime groups is 1. The van der Waals surface area contributed by atoms with Gasteiger partial charge in [-0.05, 0) is 48.0 Å². The van der Waals surface area contributed by atoms with Crippen LogP contribution in [0.15, 0.2) is 46.4 Å². The van der Waals surface area contributed by atoms with Crippen LogP contribution < -0.4 is 25.1 Å². The second-order valence-electron chi connectivity index (χ2n) is 5.87. The number of halogens is 2. The first-order valence-corrected chi connectivity index (χ1v) is 10.2. The second-order valence-corrected chi connectivity index (χ2v) is 7.82. The summed E-state index contributed by atoms with van der Waals surface area (Å²) in [5, 5.41) is 3.64. The summed E-state index contributed by atoms with van der Waals surface area (Å²) in [6, 6.07) is 9.03. The quantitative estimate of drug-likeness (QED) is 0.174. The maximum Gasteiger partial charge on any atom is 0.342 e. The van der Waals surface area contributed by atoms with Gasteiger partial charge in [0.15, 0.2) is 0 Å². The van der Waals surface area contributed by atoms with Crippen molar-refractivity contribution in [3.05, 3.63) is 47.0 Å². The van der Waals surface area contributed by atoms with Crippen LogP contribution in [0.25, 0.3) is 0 Å². The molecule has 0 radical (unpaired) electrons. The molecular formula is C18H23Cl2N3O6S. The van der Waals surface area contributed by atoms with Crippen LogP contribution in [0.5, 0.6) is 17.2 Å². The van der Waals surface area contributed by atoms with Gasteiger partial charge < -0.3 is 30.0 Å². The molecule has 0 atom stereocenters. The Kier molecular flexibility index (Phi) is 9.83. The number of hydrogen-bond acceptors (Lipinski definition) is 7. The summed E-state index contributed by atoms with van der Waals surface area (Å²) >= 11 is 5.92. The summed E-state index contributed by atoms with van der Waals surface area (Å²) in [5.74, 6) is 0.497. The van der Waals surface area contributed by atoms with Gasteiger partial charge in [-0.3, -0.25) is 0 Å². The Labute approximate surface area is 186 Å². The number of guanidine groups is 1.